The van der Waals surface area contributed by atoms with Gasteiger partial charge in [-0.3, -0.25) is 25.0 Å². The van der Waals surface area contributed by atoms with E-state index in [0.29, 0.717) is 16.8 Å². The number of allylic oxidation sites excluding steroid dienone is 1. The maximum atomic E-state index is 12.7. The smallest absolute Gasteiger partial charge is 0.318 e. The first-order valence-electron chi connectivity index (χ1n) is 11.1. The van der Waals surface area contributed by atoms with Crippen molar-refractivity contribution in [2.24, 2.45) is 0 Å². The molecule has 0 spiro atoms. The lowest BCUT2D eigenvalue weighted by Gasteiger charge is -2.16. The molecule has 38 heavy (non-hydrogen) atoms. The lowest BCUT2D eigenvalue weighted by atomic mass is 10.0. The molecule has 192 valence electrons. The van der Waals surface area contributed by atoms with E-state index in [1.807, 2.05) is 19.1 Å². The minimum Gasteiger partial charge on any atom is -0.493 e. The number of benzene rings is 3. The molecule has 0 saturated carbocycles. The number of carbonyl (C=O) groups excluding carboxylic acids is 1. The number of non-ortho nitro benzene ring substituents is 1. The van der Waals surface area contributed by atoms with Crippen molar-refractivity contribution in [2.45, 2.75) is 13.3 Å². The second-order valence-electron chi connectivity index (χ2n) is 7.97. The fraction of sp³-hybridized carbons (Fsp3) is 0.111. The Bertz CT molecular complexity index is 1510. The third kappa shape index (κ3) is 6.38. The van der Waals surface area contributed by atoms with Crippen molar-refractivity contribution < 1.29 is 24.1 Å². The zero-order valence-corrected chi connectivity index (χ0v) is 20.5. The van der Waals surface area contributed by atoms with Gasteiger partial charge in [-0.1, -0.05) is 18.2 Å². The molecule has 0 aliphatic carbocycles. The fourth-order valence-corrected chi connectivity index (χ4v) is 3.54. The van der Waals surface area contributed by atoms with Gasteiger partial charge < -0.3 is 14.8 Å². The van der Waals surface area contributed by atoms with E-state index in [0.717, 1.165) is 23.8 Å². The molecule has 1 N–H and O–H groups in total. The molecule has 0 aliphatic heterocycles. The highest BCUT2D eigenvalue weighted by atomic mass is 16.6. The summed E-state index contributed by atoms with van der Waals surface area (Å²) >= 11 is 0. The number of nitro benzene ring substituents is 2. The molecule has 3 aromatic rings. The molecule has 11 heteroatoms. The lowest BCUT2D eigenvalue weighted by molar-refractivity contribution is -0.394. The molecule has 0 heterocycles. The van der Waals surface area contributed by atoms with Gasteiger partial charge in [-0.2, -0.15) is 5.26 Å². The Kier molecular flexibility index (Phi) is 8.53. The Balaban J connectivity index is 2.03. The van der Waals surface area contributed by atoms with Gasteiger partial charge in [0, 0.05) is 17.3 Å². The van der Waals surface area contributed by atoms with Crippen LogP contribution in [0.4, 0.5) is 17.1 Å². The highest BCUT2D eigenvalue weighted by molar-refractivity contribution is 6.09. The first-order chi connectivity index (χ1) is 18.2. The van der Waals surface area contributed by atoms with E-state index in [-0.39, 0.29) is 29.2 Å². The zero-order chi connectivity index (χ0) is 27.8. The summed E-state index contributed by atoms with van der Waals surface area (Å²) in [5, 5.41) is 34.9. The van der Waals surface area contributed by atoms with Crippen molar-refractivity contribution >= 4 is 29.0 Å². The summed E-state index contributed by atoms with van der Waals surface area (Å²) in [5.41, 5.74) is 1.15. The van der Waals surface area contributed by atoms with Gasteiger partial charge in [-0.05, 0) is 60.9 Å². The van der Waals surface area contributed by atoms with E-state index in [2.05, 4.69) is 11.9 Å². The quantitative estimate of drug-likeness (QED) is 0.115. The molecule has 0 radical (unpaired) electrons. The highest BCUT2D eigenvalue weighted by Crippen LogP contribution is 2.41. The number of rotatable bonds is 10. The van der Waals surface area contributed by atoms with Crippen LogP contribution in [-0.4, -0.2) is 22.9 Å². The van der Waals surface area contributed by atoms with E-state index in [1.165, 1.54) is 19.3 Å². The summed E-state index contributed by atoms with van der Waals surface area (Å²) in [7, 11) is 1.35. The standard InChI is InChI=1S/C27H22N4O7/c1-4-6-19-12-18(13-20(16-28)27(32)29-21-8-5-7-17(2)11-21)14-25(37-3)26(19)38-24-10-9-22(30(33)34)15-23(24)31(35)36/h4-5,7-15H,1,6H2,2-3H3,(H,29,32)/b20-13+. The van der Waals surface area contributed by atoms with E-state index in [1.54, 1.807) is 30.3 Å². The third-order valence-corrected chi connectivity index (χ3v) is 5.25. The van der Waals surface area contributed by atoms with E-state index in [4.69, 9.17) is 9.47 Å². The number of hydrogen-bond donors (Lipinski definition) is 1. The van der Waals surface area contributed by atoms with Gasteiger partial charge in [-0.15, -0.1) is 6.58 Å². The van der Waals surface area contributed by atoms with Gasteiger partial charge in [0.05, 0.1) is 23.0 Å². The van der Waals surface area contributed by atoms with Gasteiger partial charge in [0.2, 0.25) is 5.75 Å². The summed E-state index contributed by atoms with van der Waals surface area (Å²) in [5.74, 6) is -0.573. The van der Waals surface area contributed by atoms with Crippen molar-refractivity contribution in [1.29, 1.82) is 5.26 Å². The molecule has 3 rings (SSSR count). The normalized spacial score (nSPS) is 10.7. The van der Waals surface area contributed by atoms with Crippen LogP contribution >= 0.6 is 0 Å². The largest absolute Gasteiger partial charge is 0.493 e. The molecule has 0 atom stereocenters. The average molecular weight is 514 g/mol. The van der Waals surface area contributed by atoms with Gasteiger partial charge in [0.1, 0.15) is 11.6 Å². The molecule has 11 nitrogen and oxygen atoms in total. The van der Waals surface area contributed by atoms with Crippen LogP contribution in [0.1, 0.15) is 16.7 Å². The number of amides is 1. The second-order valence-corrected chi connectivity index (χ2v) is 7.97. The molecule has 0 aliphatic rings. The minimum absolute atomic E-state index is 0.115. The summed E-state index contributed by atoms with van der Waals surface area (Å²) in [4.78, 5) is 33.8. The van der Waals surface area contributed by atoms with Crippen LogP contribution in [-0.2, 0) is 11.2 Å². The predicted molar refractivity (Wildman–Crippen MR) is 140 cm³/mol. The average Bonchev–Trinajstić information content (AvgIpc) is 2.88. The molecule has 1 amide bonds. The Morgan fingerprint density at radius 3 is 2.47 bits per heavy atom. The van der Waals surface area contributed by atoms with Crippen LogP contribution < -0.4 is 14.8 Å². The lowest BCUT2D eigenvalue weighted by Crippen LogP contribution is -2.13. The van der Waals surface area contributed by atoms with Crippen LogP contribution in [0, 0.1) is 38.5 Å². The monoisotopic (exact) mass is 514 g/mol. The first-order valence-corrected chi connectivity index (χ1v) is 11.1. The van der Waals surface area contributed by atoms with E-state index >= 15 is 0 Å². The molecule has 3 aromatic carbocycles. The maximum absolute atomic E-state index is 12.7. The summed E-state index contributed by atoms with van der Waals surface area (Å²) < 4.78 is 11.3. The molecule has 0 saturated heterocycles. The number of carbonyl (C=O) groups is 1. The van der Waals surface area contributed by atoms with Crippen molar-refractivity contribution in [2.75, 3.05) is 12.4 Å². The van der Waals surface area contributed by atoms with Crippen molar-refractivity contribution in [3.8, 4) is 23.3 Å². The van der Waals surface area contributed by atoms with Gasteiger partial charge in [0.15, 0.2) is 11.5 Å². The van der Waals surface area contributed by atoms with Crippen LogP contribution in [0.15, 0.2) is 72.8 Å². The number of aryl methyl sites for hydroxylation is 1. The number of nitriles is 1. The van der Waals surface area contributed by atoms with Gasteiger partial charge in [-0.25, -0.2) is 0 Å². The molecule has 0 aromatic heterocycles. The first kappa shape index (κ1) is 27.1. The minimum atomic E-state index is -0.787. The molecule has 0 fully saturated rings. The van der Waals surface area contributed by atoms with Crippen molar-refractivity contribution in [1.82, 2.24) is 0 Å². The summed E-state index contributed by atoms with van der Waals surface area (Å²) in [6.07, 6.45) is 3.18. The number of nitrogens with one attached hydrogen (secondary N) is 1. The van der Waals surface area contributed by atoms with Crippen LogP contribution in [0.25, 0.3) is 6.08 Å². The number of hydrogen-bond acceptors (Lipinski definition) is 8. The summed E-state index contributed by atoms with van der Waals surface area (Å²) in [6.45, 7) is 5.59. The second kappa shape index (κ2) is 12.0. The van der Waals surface area contributed by atoms with Crippen molar-refractivity contribution in [3.05, 3.63) is 110 Å². The zero-order valence-electron chi connectivity index (χ0n) is 20.5. The third-order valence-electron chi connectivity index (χ3n) is 5.25. The number of methoxy groups -OCH3 is 1. The molecular weight excluding hydrogens is 492 g/mol. The summed E-state index contributed by atoms with van der Waals surface area (Å²) in [6, 6.07) is 15.1. The van der Waals surface area contributed by atoms with Crippen molar-refractivity contribution in [3.63, 3.8) is 0 Å². The number of nitrogens with zero attached hydrogens (tertiary/aromatic N) is 3. The van der Waals surface area contributed by atoms with E-state index in [9.17, 15) is 30.3 Å². The molecule has 0 bridgehead atoms. The number of nitro groups is 2. The van der Waals surface area contributed by atoms with Crippen LogP contribution in [0.2, 0.25) is 0 Å². The van der Waals surface area contributed by atoms with Gasteiger partial charge >= 0.3 is 5.69 Å². The maximum Gasteiger partial charge on any atom is 0.318 e. The Morgan fingerprint density at radius 2 is 1.87 bits per heavy atom. The predicted octanol–water partition coefficient (Wildman–Crippen LogP) is 5.89. The van der Waals surface area contributed by atoms with Gasteiger partial charge in [0.25, 0.3) is 11.6 Å². The Hall–Kier alpha value is -5.50. The van der Waals surface area contributed by atoms with Crippen LogP contribution in [0.5, 0.6) is 17.2 Å². The molecular formula is C27H22N4O7. The van der Waals surface area contributed by atoms with E-state index < -0.39 is 27.1 Å². The topological polar surface area (TPSA) is 158 Å². The number of ether oxygens (including phenoxy) is 2. The Morgan fingerprint density at radius 1 is 1.11 bits per heavy atom. The fourth-order valence-electron chi connectivity index (χ4n) is 3.54. The Labute approximate surface area is 217 Å². The highest BCUT2D eigenvalue weighted by Gasteiger charge is 2.24. The SMILES string of the molecule is C=CCc1cc(/C=C(\C#N)C(=O)Nc2cccc(C)c2)cc(OC)c1Oc1ccc([N+](=O)[O-])cc1[N+](=O)[O-]. The number of anilines is 1. The van der Waals surface area contributed by atoms with Crippen LogP contribution in [0.3, 0.4) is 0 Å². The molecule has 0 unspecified atom stereocenters.